The Labute approximate surface area is 309 Å². The Morgan fingerprint density at radius 1 is 0.660 bits per heavy atom. The van der Waals surface area contributed by atoms with Gasteiger partial charge in [-0.3, -0.25) is 0 Å². The third-order valence-corrected chi connectivity index (χ3v) is 11.1. The molecule has 0 N–H and O–H groups in total. The van der Waals surface area contributed by atoms with Gasteiger partial charge in [0, 0.05) is 27.5 Å². The van der Waals surface area contributed by atoms with E-state index in [-0.39, 0.29) is 0 Å². The van der Waals surface area contributed by atoms with Crippen molar-refractivity contribution >= 4 is 16.8 Å². The van der Waals surface area contributed by atoms with Crippen LogP contribution in [-0.2, 0) is 17.2 Å². The number of halogens is 3. The molecule has 0 aromatic heterocycles. The number of hydrogen-bond acceptors (Lipinski definition) is 5. The lowest BCUT2D eigenvalue weighted by Crippen LogP contribution is -2.35. The van der Waals surface area contributed by atoms with Gasteiger partial charge in [0.15, 0.2) is 17.1 Å². The number of rotatable bonds is 12. The van der Waals surface area contributed by atoms with Crippen LogP contribution in [-0.4, -0.2) is 28.4 Å². The van der Waals surface area contributed by atoms with Crippen LogP contribution in [0.1, 0.15) is 85.8 Å². The molecule has 0 radical (unpaired) electrons. The zero-order valence-corrected chi connectivity index (χ0v) is 31.1. The summed E-state index contributed by atoms with van der Waals surface area (Å²) < 4.78 is 73.6. The molecule has 0 saturated heterocycles. The number of unbranched alkanes of at least 4 members (excludes halogenated alkanes) is 2. The maximum atomic E-state index is 14.5. The number of alkyl halides is 3. The molecule has 53 heavy (non-hydrogen) atoms. The van der Waals surface area contributed by atoms with Crippen LogP contribution in [0.4, 0.5) is 13.2 Å². The monoisotopic (exact) mass is 722 g/mol. The fourth-order valence-electron chi connectivity index (χ4n) is 8.47. The summed E-state index contributed by atoms with van der Waals surface area (Å²) in [7, 11) is 6.46. The molecule has 8 heteroatoms. The van der Waals surface area contributed by atoms with Crippen molar-refractivity contribution in [2.24, 2.45) is 0 Å². The summed E-state index contributed by atoms with van der Waals surface area (Å²) >= 11 is 0. The normalized spacial score (nSPS) is 15.0. The van der Waals surface area contributed by atoms with Crippen LogP contribution in [0.25, 0.3) is 28.0 Å². The SMILES string of the molecule is CCCCC1(CCCC)c2cc(C(F)(F)F)ccc2-c2c1c1c(c3cc(OC)c(OC)cc23)OC(c2ccc(OC)cc2)(c2ccc(OC)cc2)C=C1. The first-order valence-corrected chi connectivity index (χ1v) is 18.2. The molecule has 0 fully saturated rings. The zero-order chi connectivity index (χ0) is 37.5. The summed E-state index contributed by atoms with van der Waals surface area (Å²) in [6.45, 7) is 4.26. The maximum absolute atomic E-state index is 14.5. The average molecular weight is 723 g/mol. The fraction of sp³-hybridized carbons (Fsp3) is 0.333. The van der Waals surface area contributed by atoms with Gasteiger partial charge in [0.05, 0.1) is 34.0 Å². The maximum Gasteiger partial charge on any atom is 0.416 e. The van der Waals surface area contributed by atoms with E-state index in [4.69, 9.17) is 23.7 Å². The molecule has 0 spiro atoms. The minimum atomic E-state index is -4.48. The third kappa shape index (κ3) is 5.87. The molecule has 1 aliphatic heterocycles. The van der Waals surface area contributed by atoms with Crippen molar-refractivity contribution in [2.45, 2.75) is 69.6 Å². The van der Waals surface area contributed by atoms with Crippen molar-refractivity contribution in [3.05, 3.63) is 118 Å². The fourth-order valence-corrected chi connectivity index (χ4v) is 8.47. The largest absolute Gasteiger partial charge is 0.497 e. The number of fused-ring (bicyclic) bond motifs is 8. The van der Waals surface area contributed by atoms with Crippen LogP contribution in [0, 0.1) is 0 Å². The number of methoxy groups -OCH3 is 4. The van der Waals surface area contributed by atoms with Gasteiger partial charge < -0.3 is 23.7 Å². The lowest BCUT2D eigenvalue weighted by molar-refractivity contribution is -0.137. The molecular weight excluding hydrogens is 677 g/mol. The number of hydrogen-bond donors (Lipinski definition) is 0. The van der Waals surface area contributed by atoms with E-state index >= 15 is 0 Å². The Hall–Kier alpha value is -5.11. The van der Waals surface area contributed by atoms with Gasteiger partial charge in [0.25, 0.3) is 0 Å². The van der Waals surface area contributed by atoms with Gasteiger partial charge in [-0.15, -0.1) is 0 Å². The van der Waals surface area contributed by atoms with Crippen LogP contribution in [0.5, 0.6) is 28.7 Å². The number of ether oxygens (including phenoxy) is 5. The minimum absolute atomic E-state index is 0.522. The van der Waals surface area contributed by atoms with Crippen molar-refractivity contribution in [2.75, 3.05) is 28.4 Å². The minimum Gasteiger partial charge on any atom is -0.497 e. The van der Waals surface area contributed by atoms with Gasteiger partial charge in [-0.25, -0.2) is 0 Å². The predicted octanol–water partition coefficient (Wildman–Crippen LogP) is 11.9. The second kappa shape index (κ2) is 14.0. The summed E-state index contributed by atoms with van der Waals surface area (Å²) in [5.41, 5.74) is 3.70. The highest BCUT2D eigenvalue weighted by Crippen LogP contribution is 2.62. The van der Waals surface area contributed by atoms with Gasteiger partial charge in [-0.05, 0) is 95.1 Å². The van der Waals surface area contributed by atoms with Crippen LogP contribution in [0.15, 0.2) is 84.9 Å². The standard InChI is InChI=1S/C45H45F3O5/c1-7-9-22-43(23-10-8-2)37-25-30(45(46,47)48)15-20-33(37)40-35-26-38(51-5)39(52-6)27-36(35)42-34(41(40)43)21-24-44(53-42,28-11-16-31(49-3)17-12-28)29-13-18-32(50-4)19-14-29/h11-21,24-27H,7-10,22-23H2,1-6H3. The van der Waals surface area contributed by atoms with E-state index in [1.165, 1.54) is 12.1 Å². The Balaban J connectivity index is 1.61. The first-order chi connectivity index (χ1) is 25.6. The average Bonchev–Trinajstić information content (AvgIpc) is 3.47. The molecule has 2 aliphatic rings. The number of benzene rings is 5. The predicted molar refractivity (Wildman–Crippen MR) is 204 cm³/mol. The molecule has 7 rings (SSSR count). The van der Waals surface area contributed by atoms with Gasteiger partial charge in [-0.2, -0.15) is 13.2 Å². The Bertz CT molecular complexity index is 2110. The molecule has 1 heterocycles. The van der Waals surface area contributed by atoms with E-state index in [0.717, 1.165) is 75.4 Å². The van der Waals surface area contributed by atoms with Gasteiger partial charge in [0.1, 0.15) is 17.2 Å². The quantitative estimate of drug-likeness (QED) is 0.128. The summed E-state index contributed by atoms with van der Waals surface area (Å²) in [5, 5.41) is 1.61. The van der Waals surface area contributed by atoms with E-state index in [2.05, 4.69) is 26.0 Å². The van der Waals surface area contributed by atoms with E-state index in [9.17, 15) is 13.2 Å². The van der Waals surface area contributed by atoms with E-state index in [1.54, 1.807) is 34.5 Å². The second-order valence-corrected chi connectivity index (χ2v) is 13.9. The molecule has 5 aromatic rings. The lowest BCUT2D eigenvalue weighted by atomic mass is 9.68. The highest BCUT2D eigenvalue weighted by atomic mass is 19.4. The first kappa shape index (κ1) is 36.3. The van der Waals surface area contributed by atoms with Gasteiger partial charge in [0.2, 0.25) is 0 Å². The Kier molecular flexibility index (Phi) is 9.60. The molecule has 0 saturated carbocycles. The summed E-state index contributed by atoms with van der Waals surface area (Å²) in [6.07, 6.45) is 4.64. The summed E-state index contributed by atoms with van der Waals surface area (Å²) in [6, 6.07) is 23.8. The zero-order valence-electron chi connectivity index (χ0n) is 31.1. The van der Waals surface area contributed by atoms with Crippen molar-refractivity contribution in [3.8, 4) is 39.9 Å². The second-order valence-electron chi connectivity index (χ2n) is 13.9. The van der Waals surface area contributed by atoms with Crippen molar-refractivity contribution < 1.29 is 36.9 Å². The van der Waals surface area contributed by atoms with E-state index < -0.39 is 22.8 Å². The van der Waals surface area contributed by atoms with E-state index in [1.807, 2.05) is 60.7 Å². The molecule has 276 valence electrons. The molecular formula is C45H45F3O5. The molecule has 0 atom stereocenters. The molecule has 5 nitrogen and oxygen atoms in total. The van der Waals surface area contributed by atoms with Crippen LogP contribution in [0.2, 0.25) is 0 Å². The molecule has 5 aromatic carbocycles. The summed E-state index contributed by atoms with van der Waals surface area (Å²) in [4.78, 5) is 0. The molecule has 1 aliphatic carbocycles. The first-order valence-electron chi connectivity index (χ1n) is 18.2. The Morgan fingerprint density at radius 3 is 1.70 bits per heavy atom. The highest BCUT2D eigenvalue weighted by molar-refractivity contribution is 6.09. The molecule has 0 unspecified atom stereocenters. The smallest absolute Gasteiger partial charge is 0.416 e. The third-order valence-electron chi connectivity index (χ3n) is 11.1. The van der Waals surface area contributed by atoms with Crippen LogP contribution >= 0.6 is 0 Å². The van der Waals surface area contributed by atoms with Crippen molar-refractivity contribution in [3.63, 3.8) is 0 Å². The van der Waals surface area contributed by atoms with Gasteiger partial charge in [-0.1, -0.05) is 75.9 Å². The topological polar surface area (TPSA) is 46.2 Å². The summed E-state index contributed by atoms with van der Waals surface area (Å²) in [5.74, 6) is 3.11. The van der Waals surface area contributed by atoms with Crippen molar-refractivity contribution in [1.82, 2.24) is 0 Å². The van der Waals surface area contributed by atoms with Crippen LogP contribution in [0.3, 0.4) is 0 Å². The molecule has 0 bridgehead atoms. The molecule has 0 amide bonds. The van der Waals surface area contributed by atoms with Crippen LogP contribution < -0.4 is 23.7 Å². The van der Waals surface area contributed by atoms with E-state index in [0.29, 0.717) is 41.6 Å². The lowest BCUT2D eigenvalue weighted by Gasteiger charge is -2.40. The van der Waals surface area contributed by atoms with Gasteiger partial charge >= 0.3 is 6.18 Å². The highest BCUT2D eigenvalue weighted by Gasteiger charge is 2.49. The Morgan fingerprint density at radius 2 is 1.21 bits per heavy atom. The van der Waals surface area contributed by atoms with Crippen molar-refractivity contribution in [1.29, 1.82) is 0 Å².